The average Bonchev–Trinajstić information content (AvgIpc) is 3.06. The Morgan fingerprint density at radius 2 is 1.56 bits per heavy atom. The minimum Gasteiger partial charge on any atom is -0.344 e. The maximum atomic E-state index is 13.1. The first kappa shape index (κ1) is 22.0. The molecule has 3 atom stereocenters. The summed E-state index contributed by atoms with van der Waals surface area (Å²) in [5.41, 5.74) is 0. The molecule has 2 unspecified atom stereocenters. The third-order valence-electron chi connectivity index (χ3n) is 5.65. The minimum absolute atomic E-state index is 0.0225. The first-order chi connectivity index (χ1) is 12.0. The lowest BCUT2D eigenvalue weighted by Gasteiger charge is -2.32. The Morgan fingerprint density at radius 1 is 1.04 bits per heavy atom. The van der Waals surface area contributed by atoms with Crippen molar-refractivity contribution in [3.63, 3.8) is 0 Å². The van der Waals surface area contributed by atoms with Gasteiger partial charge in [-0.15, -0.1) is 0 Å². The van der Waals surface area contributed by atoms with Gasteiger partial charge in [0.2, 0.25) is 11.8 Å². The van der Waals surface area contributed by atoms with Gasteiger partial charge in [-0.3, -0.25) is 9.59 Å². The molecule has 4 nitrogen and oxygen atoms in total. The van der Waals surface area contributed by atoms with E-state index in [0.717, 1.165) is 25.9 Å². The third kappa shape index (κ3) is 7.79. The van der Waals surface area contributed by atoms with E-state index >= 15 is 0 Å². The highest BCUT2D eigenvalue weighted by molar-refractivity contribution is 5.90. The van der Waals surface area contributed by atoms with E-state index in [4.69, 9.17) is 0 Å². The van der Waals surface area contributed by atoms with E-state index in [1.165, 1.54) is 38.5 Å². The van der Waals surface area contributed by atoms with Gasteiger partial charge in [0.15, 0.2) is 0 Å². The summed E-state index contributed by atoms with van der Waals surface area (Å²) >= 11 is 0. The van der Waals surface area contributed by atoms with Crippen molar-refractivity contribution in [1.29, 1.82) is 0 Å². The summed E-state index contributed by atoms with van der Waals surface area (Å²) in [6.45, 7) is 10.6. The molecule has 0 saturated carbocycles. The number of hydrogen-bond donors (Lipinski definition) is 1. The van der Waals surface area contributed by atoms with E-state index in [2.05, 4.69) is 37.9 Å². The van der Waals surface area contributed by atoms with Gasteiger partial charge in [-0.1, -0.05) is 66.2 Å². The Morgan fingerprint density at radius 3 is 1.92 bits per heavy atom. The Kier molecular flexibility index (Phi) is 10.8. The number of nitrogens with one attached hydrogen (secondary N) is 1. The molecule has 1 rings (SSSR count). The van der Waals surface area contributed by atoms with Crippen molar-refractivity contribution in [2.75, 3.05) is 13.1 Å². The molecule has 0 aromatic carbocycles. The molecule has 146 valence electrons. The zero-order valence-corrected chi connectivity index (χ0v) is 17.0. The summed E-state index contributed by atoms with van der Waals surface area (Å²) in [6, 6.07) is -0.292. The van der Waals surface area contributed by atoms with Crippen molar-refractivity contribution in [1.82, 2.24) is 10.2 Å². The van der Waals surface area contributed by atoms with Crippen molar-refractivity contribution in [2.24, 2.45) is 11.8 Å². The molecule has 0 radical (unpaired) electrons. The maximum absolute atomic E-state index is 13.1. The lowest BCUT2D eigenvalue weighted by Crippen LogP contribution is -2.47. The Balaban J connectivity index is 2.76. The smallest absolute Gasteiger partial charge is 0.245 e. The summed E-state index contributed by atoms with van der Waals surface area (Å²) in [6.07, 6.45) is 10.6. The first-order valence-corrected chi connectivity index (χ1v) is 10.6. The fourth-order valence-corrected chi connectivity index (χ4v) is 3.73. The molecule has 0 aromatic rings. The van der Waals surface area contributed by atoms with Gasteiger partial charge in [0.25, 0.3) is 0 Å². The zero-order chi connectivity index (χ0) is 18.7. The predicted octanol–water partition coefficient (Wildman–Crippen LogP) is 4.53. The van der Waals surface area contributed by atoms with Gasteiger partial charge in [-0.25, -0.2) is 0 Å². The summed E-state index contributed by atoms with van der Waals surface area (Å²) in [5.74, 6) is 1.32. The molecule has 1 aliphatic heterocycles. The van der Waals surface area contributed by atoms with Crippen LogP contribution in [-0.4, -0.2) is 35.8 Å². The monoisotopic (exact) mass is 352 g/mol. The van der Waals surface area contributed by atoms with Crippen molar-refractivity contribution in [3.8, 4) is 0 Å². The van der Waals surface area contributed by atoms with Crippen LogP contribution in [0, 0.1) is 11.8 Å². The Labute approximate surface area is 155 Å². The standard InChI is InChI=1S/C21H40N2O2/c1-5-9-11-17(7-3)15-23(16-18(8-4)12-10-6-2)21(25)19-13-14-20(24)22-19/h17-19H,5-16H2,1-4H3,(H,22,24)/t17?,18?,19-/m0/s1. The molecule has 25 heavy (non-hydrogen) atoms. The van der Waals surface area contributed by atoms with Crippen molar-refractivity contribution < 1.29 is 9.59 Å². The molecule has 1 N–H and O–H groups in total. The van der Waals surface area contributed by atoms with Gasteiger partial charge in [0.1, 0.15) is 6.04 Å². The SMILES string of the molecule is CCCCC(CC)CN(CC(CC)CCCC)C(=O)[C@@H]1CCC(=O)N1. The van der Waals surface area contributed by atoms with Crippen LogP contribution in [-0.2, 0) is 9.59 Å². The summed E-state index contributed by atoms with van der Waals surface area (Å²) < 4.78 is 0. The molecule has 1 fully saturated rings. The largest absolute Gasteiger partial charge is 0.344 e. The maximum Gasteiger partial charge on any atom is 0.245 e. The number of amides is 2. The average molecular weight is 353 g/mol. The molecule has 1 heterocycles. The van der Waals surface area contributed by atoms with Crippen LogP contribution in [0.3, 0.4) is 0 Å². The van der Waals surface area contributed by atoms with E-state index in [0.29, 0.717) is 24.7 Å². The van der Waals surface area contributed by atoms with Crippen LogP contribution in [0.4, 0.5) is 0 Å². The van der Waals surface area contributed by atoms with Crippen LogP contribution in [0.25, 0.3) is 0 Å². The molecule has 0 spiro atoms. The van der Waals surface area contributed by atoms with Gasteiger partial charge in [0, 0.05) is 19.5 Å². The van der Waals surface area contributed by atoms with E-state index in [1.807, 2.05) is 0 Å². The summed E-state index contributed by atoms with van der Waals surface area (Å²) in [4.78, 5) is 26.7. The van der Waals surface area contributed by atoms with Crippen LogP contribution in [0.1, 0.15) is 91.9 Å². The fourth-order valence-electron chi connectivity index (χ4n) is 3.73. The normalized spacial score (nSPS) is 19.5. The number of nitrogens with zero attached hydrogens (tertiary/aromatic N) is 1. The number of carbonyl (C=O) groups is 2. The number of hydrogen-bond acceptors (Lipinski definition) is 2. The second kappa shape index (κ2) is 12.3. The van der Waals surface area contributed by atoms with Crippen molar-refractivity contribution in [3.05, 3.63) is 0 Å². The van der Waals surface area contributed by atoms with Gasteiger partial charge in [-0.05, 0) is 31.1 Å². The number of carbonyl (C=O) groups excluding carboxylic acids is 2. The molecular formula is C21H40N2O2. The number of rotatable bonds is 13. The quantitative estimate of drug-likeness (QED) is 0.529. The lowest BCUT2D eigenvalue weighted by atomic mass is 9.95. The van der Waals surface area contributed by atoms with Crippen LogP contribution < -0.4 is 5.32 Å². The highest BCUT2D eigenvalue weighted by Crippen LogP contribution is 2.21. The molecule has 0 bridgehead atoms. The lowest BCUT2D eigenvalue weighted by molar-refractivity contribution is -0.135. The van der Waals surface area contributed by atoms with E-state index in [1.54, 1.807) is 0 Å². The fraction of sp³-hybridized carbons (Fsp3) is 0.905. The second-order valence-electron chi connectivity index (χ2n) is 7.73. The summed E-state index contributed by atoms with van der Waals surface area (Å²) in [7, 11) is 0. The highest BCUT2D eigenvalue weighted by Gasteiger charge is 2.32. The Bertz CT molecular complexity index is 379. The second-order valence-corrected chi connectivity index (χ2v) is 7.73. The van der Waals surface area contributed by atoms with Gasteiger partial charge in [0.05, 0.1) is 0 Å². The predicted molar refractivity (Wildman–Crippen MR) is 104 cm³/mol. The van der Waals surface area contributed by atoms with Crippen LogP contribution >= 0.6 is 0 Å². The van der Waals surface area contributed by atoms with E-state index in [9.17, 15) is 9.59 Å². The molecule has 2 amide bonds. The first-order valence-electron chi connectivity index (χ1n) is 10.6. The highest BCUT2D eigenvalue weighted by atomic mass is 16.2. The molecule has 0 aliphatic carbocycles. The van der Waals surface area contributed by atoms with Gasteiger partial charge in [-0.2, -0.15) is 0 Å². The minimum atomic E-state index is -0.292. The van der Waals surface area contributed by atoms with E-state index < -0.39 is 0 Å². The molecule has 1 aliphatic rings. The van der Waals surface area contributed by atoms with Crippen molar-refractivity contribution >= 4 is 11.8 Å². The summed E-state index contributed by atoms with van der Waals surface area (Å²) in [5, 5.41) is 2.87. The zero-order valence-electron chi connectivity index (χ0n) is 17.0. The third-order valence-corrected chi connectivity index (χ3v) is 5.65. The van der Waals surface area contributed by atoms with Crippen molar-refractivity contribution in [2.45, 2.75) is 97.9 Å². The molecule has 0 aromatic heterocycles. The molecule has 4 heteroatoms. The van der Waals surface area contributed by atoms with Gasteiger partial charge >= 0.3 is 0 Å². The van der Waals surface area contributed by atoms with Crippen LogP contribution in [0.5, 0.6) is 0 Å². The molecular weight excluding hydrogens is 312 g/mol. The number of unbranched alkanes of at least 4 members (excludes halogenated alkanes) is 2. The van der Waals surface area contributed by atoms with Gasteiger partial charge < -0.3 is 10.2 Å². The van der Waals surface area contributed by atoms with E-state index in [-0.39, 0.29) is 17.9 Å². The Hall–Kier alpha value is -1.06. The topological polar surface area (TPSA) is 49.4 Å². The van der Waals surface area contributed by atoms with Crippen LogP contribution in [0.2, 0.25) is 0 Å². The molecule has 1 saturated heterocycles. The van der Waals surface area contributed by atoms with Crippen LogP contribution in [0.15, 0.2) is 0 Å².